The lowest BCUT2D eigenvalue weighted by Crippen LogP contribution is -2.35. The number of nitro benzene ring substituents is 1. The van der Waals surface area contributed by atoms with Gasteiger partial charge in [-0.25, -0.2) is 4.90 Å². The highest BCUT2D eigenvalue weighted by Gasteiger charge is 2.61. The largest absolute Gasteiger partial charge is 0.365 e. The molecule has 122 valence electrons. The van der Waals surface area contributed by atoms with Crippen LogP contribution in [0.1, 0.15) is 15.9 Å². The van der Waals surface area contributed by atoms with Crippen molar-refractivity contribution in [2.45, 2.75) is 19.1 Å². The number of hydrogen-bond donors (Lipinski definition) is 0. The van der Waals surface area contributed by atoms with Crippen LogP contribution in [-0.4, -0.2) is 35.2 Å². The van der Waals surface area contributed by atoms with E-state index < -0.39 is 46.5 Å². The number of imide groups is 1. The molecule has 3 heterocycles. The number of aldehydes is 1. The van der Waals surface area contributed by atoms with Crippen LogP contribution in [0.3, 0.4) is 0 Å². The van der Waals surface area contributed by atoms with Gasteiger partial charge in [0.1, 0.15) is 5.69 Å². The van der Waals surface area contributed by atoms with E-state index in [0.29, 0.717) is 11.8 Å². The Balaban J connectivity index is 1.86. The maximum atomic E-state index is 12.7. The summed E-state index contributed by atoms with van der Waals surface area (Å²) >= 11 is 0. The minimum absolute atomic E-state index is 0.132. The summed E-state index contributed by atoms with van der Waals surface area (Å²) in [6.45, 7) is 1.56. The number of hydrogen-bond acceptors (Lipinski definition) is 6. The summed E-state index contributed by atoms with van der Waals surface area (Å²) in [6, 6.07) is 2.83. The zero-order valence-corrected chi connectivity index (χ0v) is 12.5. The van der Waals surface area contributed by atoms with Gasteiger partial charge >= 0.3 is 5.69 Å². The standard InChI is InChI=1S/C16H12N2O6/c1-7-2-3-9(14(18(22)23)8(7)6-19)17-15(20)12-10-4-5-11(24-10)13(12)16(17)21/h2-6,10-13H,1H3. The highest BCUT2D eigenvalue weighted by molar-refractivity contribution is 6.24. The van der Waals surface area contributed by atoms with Crippen molar-refractivity contribution < 1.29 is 24.0 Å². The third-order valence-electron chi connectivity index (χ3n) is 4.87. The van der Waals surface area contributed by atoms with E-state index in [2.05, 4.69) is 0 Å². The highest BCUT2D eigenvalue weighted by Crippen LogP contribution is 2.48. The molecule has 2 fully saturated rings. The molecular formula is C16H12N2O6. The van der Waals surface area contributed by atoms with Crippen molar-refractivity contribution in [1.82, 2.24) is 0 Å². The second kappa shape index (κ2) is 4.81. The molecule has 1 aromatic carbocycles. The van der Waals surface area contributed by atoms with Crippen LogP contribution in [0.5, 0.6) is 0 Å². The molecular weight excluding hydrogens is 316 g/mol. The van der Waals surface area contributed by atoms with Gasteiger partial charge in [0.15, 0.2) is 6.29 Å². The van der Waals surface area contributed by atoms with Gasteiger partial charge in [0.25, 0.3) is 0 Å². The average molecular weight is 328 g/mol. The molecule has 0 aromatic heterocycles. The summed E-state index contributed by atoms with van der Waals surface area (Å²) < 4.78 is 5.54. The zero-order chi connectivity index (χ0) is 17.2. The van der Waals surface area contributed by atoms with Crippen LogP contribution in [-0.2, 0) is 14.3 Å². The SMILES string of the molecule is Cc1ccc(N2C(=O)C3C4C=CC(O4)C3C2=O)c([N+](=O)[O-])c1C=O. The van der Waals surface area contributed by atoms with E-state index in [0.717, 1.165) is 4.90 Å². The maximum absolute atomic E-state index is 12.7. The fourth-order valence-corrected chi connectivity index (χ4v) is 3.76. The van der Waals surface area contributed by atoms with E-state index >= 15 is 0 Å². The van der Waals surface area contributed by atoms with E-state index in [-0.39, 0.29) is 11.3 Å². The minimum Gasteiger partial charge on any atom is -0.365 e. The molecule has 0 aliphatic carbocycles. The monoisotopic (exact) mass is 328 g/mol. The van der Waals surface area contributed by atoms with E-state index in [1.54, 1.807) is 19.1 Å². The lowest BCUT2D eigenvalue weighted by Gasteiger charge is -2.18. The third kappa shape index (κ3) is 1.68. The first kappa shape index (κ1) is 14.7. The molecule has 4 rings (SSSR count). The molecule has 0 spiro atoms. The zero-order valence-electron chi connectivity index (χ0n) is 12.5. The first-order valence-corrected chi connectivity index (χ1v) is 7.40. The molecule has 8 nitrogen and oxygen atoms in total. The molecule has 2 amide bonds. The Morgan fingerprint density at radius 1 is 1.17 bits per heavy atom. The second-order valence-corrected chi connectivity index (χ2v) is 6.05. The first-order valence-electron chi connectivity index (χ1n) is 7.40. The van der Waals surface area contributed by atoms with Crippen molar-refractivity contribution in [3.05, 3.63) is 45.5 Å². The van der Waals surface area contributed by atoms with Gasteiger partial charge in [-0.15, -0.1) is 0 Å². The Morgan fingerprint density at radius 2 is 1.75 bits per heavy atom. The van der Waals surface area contributed by atoms with Crippen LogP contribution in [0.4, 0.5) is 11.4 Å². The molecule has 24 heavy (non-hydrogen) atoms. The molecule has 3 aliphatic rings. The van der Waals surface area contributed by atoms with Gasteiger partial charge in [-0.3, -0.25) is 24.5 Å². The van der Waals surface area contributed by atoms with Gasteiger partial charge in [-0.05, 0) is 18.6 Å². The Kier molecular flexibility index (Phi) is 2.95. The van der Waals surface area contributed by atoms with Crippen molar-refractivity contribution in [3.8, 4) is 0 Å². The smallest absolute Gasteiger partial charge is 0.304 e. The van der Waals surface area contributed by atoms with E-state index in [4.69, 9.17) is 4.74 Å². The summed E-state index contributed by atoms with van der Waals surface area (Å²) in [5, 5.41) is 11.5. The van der Waals surface area contributed by atoms with Crippen molar-refractivity contribution in [2.75, 3.05) is 4.90 Å². The number of carbonyl (C=O) groups excluding carboxylic acids is 3. The van der Waals surface area contributed by atoms with Gasteiger partial charge in [0.2, 0.25) is 11.8 Å². The number of nitrogens with zero attached hydrogens (tertiary/aromatic N) is 2. The fourth-order valence-electron chi connectivity index (χ4n) is 3.76. The summed E-state index contributed by atoms with van der Waals surface area (Å²) in [7, 11) is 0. The van der Waals surface area contributed by atoms with Gasteiger partial charge in [-0.2, -0.15) is 0 Å². The summed E-state index contributed by atoms with van der Waals surface area (Å²) in [5.74, 6) is -2.36. The number of anilines is 1. The lowest BCUT2D eigenvalue weighted by atomic mass is 9.85. The number of rotatable bonds is 3. The van der Waals surface area contributed by atoms with Gasteiger partial charge in [-0.1, -0.05) is 18.2 Å². The quantitative estimate of drug-likeness (QED) is 0.271. The van der Waals surface area contributed by atoms with Crippen molar-refractivity contribution in [3.63, 3.8) is 0 Å². The normalized spacial score (nSPS) is 30.1. The maximum Gasteiger partial charge on any atom is 0.304 e. The fraction of sp³-hybridized carbons (Fsp3) is 0.312. The predicted octanol–water partition coefficient (Wildman–Crippen LogP) is 1.16. The second-order valence-electron chi connectivity index (χ2n) is 6.05. The Bertz CT molecular complexity index is 815. The molecule has 3 aliphatic heterocycles. The number of benzene rings is 1. The Morgan fingerprint density at radius 3 is 2.25 bits per heavy atom. The molecule has 4 unspecified atom stereocenters. The number of amides is 2. The topological polar surface area (TPSA) is 107 Å². The number of aryl methyl sites for hydroxylation is 1. The number of carbonyl (C=O) groups is 3. The van der Waals surface area contributed by atoms with Crippen LogP contribution >= 0.6 is 0 Å². The minimum atomic E-state index is -0.732. The summed E-state index contributed by atoms with van der Waals surface area (Å²) in [4.78, 5) is 48.3. The van der Waals surface area contributed by atoms with Crippen LogP contribution in [0.25, 0.3) is 0 Å². The predicted molar refractivity (Wildman–Crippen MR) is 80.5 cm³/mol. The Labute approximate surface area is 135 Å². The molecule has 2 bridgehead atoms. The number of fused-ring (bicyclic) bond motifs is 5. The molecule has 0 radical (unpaired) electrons. The van der Waals surface area contributed by atoms with Gasteiger partial charge < -0.3 is 4.74 Å². The number of nitro groups is 1. The number of ether oxygens (including phenoxy) is 1. The van der Waals surface area contributed by atoms with E-state index in [9.17, 15) is 24.5 Å². The van der Waals surface area contributed by atoms with Crippen LogP contribution in [0.15, 0.2) is 24.3 Å². The van der Waals surface area contributed by atoms with E-state index in [1.165, 1.54) is 12.1 Å². The summed E-state index contributed by atoms with van der Waals surface area (Å²) in [6.07, 6.45) is 2.90. The van der Waals surface area contributed by atoms with Crippen molar-refractivity contribution >= 4 is 29.5 Å². The van der Waals surface area contributed by atoms with Crippen LogP contribution < -0.4 is 4.90 Å². The molecule has 0 saturated carbocycles. The summed E-state index contributed by atoms with van der Waals surface area (Å²) in [5.41, 5.74) is -0.401. The average Bonchev–Trinajstić information content (AvgIpc) is 3.21. The van der Waals surface area contributed by atoms with Gasteiger partial charge in [0, 0.05) is 0 Å². The van der Waals surface area contributed by atoms with Gasteiger partial charge in [0.05, 0.1) is 34.5 Å². The Hall–Kier alpha value is -2.87. The van der Waals surface area contributed by atoms with Crippen LogP contribution in [0, 0.1) is 28.9 Å². The molecule has 8 heteroatoms. The molecule has 1 aromatic rings. The molecule has 4 atom stereocenters. The molecule has 2 saturated heterocycles. The highest BCUT2D eigenvalue weighted by atomic mass is 16.6. The van der Waals surface area contributed by atoms with Crippen molar-refractivity contribution in [2.24, 2.45) is 11.8 Å². The lowest BCUT2D eigenvalue weighted by molar-refractivity contribution is -0.384. The van der Waals surface area contributed by atoms with E-state index in [1.807, 2.05) is 0 Å². The van der Waals surface area contributed by atoms with Crippen molar-refractivity contribution in [1.29, 1.82) is 0 Å². The first-order chi connectivity index (χ1) is 11.5. The third-order valence-corrected chi connectivity index (χ3v) is 4.87. The molecule has 0 N–H and O–H groups in total. The van der Waals surface area contributed by atoms with Crippen LogP contribution in [0.2, 0.25) is 0 Å².